The summed E-state index contributed by atoms with van der Waals surface area (Å²) in [5.74, 6) is -0.305. The van der Waals surface area contributed by atoms with E-state index in [1.54, 1.807) is 0 Å². The largest absolute Gasteiger partial charge is 0.472 e. The molecule has 12 heteroatoms. The number of allylic oxidation sites excluding steroid dienone is 8. The number of hydrogen-bond acceptors (Lipinski definition) is 10. The highest BCUT2D eigenvalue weighted by Crippen LogP contribution is 2.43. The first kappa shape index (κ1) is 47.9. The predicted octanol–water partition coefficient (Wildman–Crippen LogP) is 7.82. The molecule has 0 bridgehead atoms. The van der Waals surface area contributed by atoms with Crippen LogP contribution in [0.5, 0.6) is 0 Å². The number of phosphoric ester groups is 1. The van der Waals surface area contributed by atoms with Gasteiger partial charge in [-0.05, 0) is 70.6 Å². The van der Waals surface area contributed by atoms with E-state index in [4.69, 9.17) is 19.1 Å². The summed E-state index contributed by atoms with van der Waals surface area (Å²) in [6, 6.07) is 0. The molecule has 0 aliphatic heterocycles. The van der Waals surface area contributed by atoms with Gasteiger partial charge in [-0.25, -0.2) is 4.57 Å². The van der Waals surface area contributed by atoms with Gasteiger partial charge in [0.05, 0.1) is 25.9 Å². The van der Waals surface area contributed by atoms with Gasteiger partial charge in [-0.3, -0.25) is 18.6 Å². The number of unbranched alkanes of at least 4 members (excludes halogenated alkanes) is 7. The van der Waals surface area contributed by atoms with Crippen LogP contribution in [0.3, 0.4) is 0 Å². The Hall–Kier alpha value is -2.11. The number of rotatable bonds is 33. The highest BCUT2D eigenvalue weighted by atomic mass is 31.2. The first-order valence-corrected chi connectivity index (χ1v) is 20.0. The molecule has 0 saturated heterocycles. The Morgan fingerprint density at radius 3 is 1.74 bits per heavy atom. The van der Waals surface area contributed by atoms with E-state index in [0.29, 0.717) is 25.2 Å². The zero-order chi connectivity index (χ0) is 37.3. The lowest BCUT2D eigenvalue weighted by atomic mass is 10.0. The van der Waals surface area contributed by atoms with E-state index in [1.807, 2.05) is 19.1 Å². The monoisotopic (exact) mass is 730 g/mol. The van der Waals surface area contributed by atoms with Crippen LogP contribution in [0.2, 0.25) is 0 Å². The normalized spacial score (nSPS) is 15.4. The van der Waals surface area contributed by atoms with Gasteiger partial charge in [-0.1, -0.05) is 101 Å². The molecule has 0 amide bonds. The molecule has 0 aromatic heterocycles. The van der Waals surface area contributed by atoms with Gasteiger partial charge in [0.1, 0.15) is 12.7 Å². The number of hydrogen-bond donors (Lipinski definition) is 4. The molecular weight excluding hydrogens is 663 g/mol. The Balaban J connectivity index is 4.49. The van der Waals surface area contributed by atoms with Crippen molar-refractivity contribution in [2.24, 2.45) is 5.92 Å². The Morgan fingerprint density at radius 2 is 1.16 bits per heavy atom. The van der Waals surface area contributed by atoms with E-state index < -0.39 is 51.8 Å². The third-order valence-electron chi connectivity index (χ3n) is 7.43. The lowest BCUT2D eigenvalue weighted by Gasteiger charge is -2.20. The van der Waals surface area contributed by atoms with Gasteiger partial charge in [0.15, 0.2) is 6.10 Å². The van der Waals surface area contributed by atoms with Gasteiger partial charge < -0.3 is 29.7 Å². The van der Waals surface area contributed by atoms with Crippen molar-refractivity contribution in [3.8, 4) is 0 Å². The van der Waals surface area contributed by atoms with E-state index >= 15 is 0 Å². The van der Waals surface area contributed by atoms with Crippen LogP contribution in [0.4, 0.5) is 0 Å². The Morgan fingerprint density at radius 1 is 0.640 bits per heavy atom. The van der Waals surface area contributed by atoms with Crippen LogP contribution in [0.25, 0.3) is 0 Å². The number of phosphoric acid groups is 1. The van der Waals surface area contributed by atoms with Gasteiger partial charge in [0.25, 0.3) is 0 Å². The maximum absolute atomic E-state index is 12.5. The summed E-state index contributed by atoms with van der Waals surface area (Å²) in [6.45, 7) is 4.04. The summed E-state index contributed by atoms with van der Waals surface area (Å²) in [7, 11) is -4.63. The van der Waals surface area contributed by atoms with Crippen molar-refractivity contribution in [2.75, 3.05) is 26.4 Å². The molecule has 0 aromatic carbocycles. The molecule has 0 spiro atoms. The van der Waals surface area contributed by atoms with Crippen molar-refractivity contribution in [3.63, 3.8) is 0 Å². The predicted molar refractivity (Wildman–Crippen MR) is 197 cm³/mol. The number of carbonyl (C=O) groups excluding carboxylic acids is 2. The SMILES string of the molecule is CC(C)CCCCCCCCC(=O)OC[C@H](COP(=O)(O)OC[C@@H](O)CO)OC(=O)CCC/C=C\C/C=C\C/C=C\C/C=C\CCC[C@H](C)O. The summed E-state index contributed by atoms with van der Waals surface area (Å²) in [5, 5.41) is 27.5. The summed E-state index contributed by atoms with van der Waals surface area (Å²) >= 11 is 0. The van der Waals surface area contributed by atoms with E-state index in [2.05, 4.69) is 54.8 Å². The summed E-state index contributed by atoms with van der Waals surface area (Å²) in [4.78, 5) is 34.7. The molecule has 11 nitrogen and oxygen atoms in total. The van der Waals surface area contributed by atoms with Gasteiger partial charge in [-0.2, -0.15) is 0 Å². The molecule has 50 heavy (non-hydrogen) atoms. The minimum absolute atomic E-state index is 0.0948. The van der Waals surface area contributed by atoms with E-state index in [9.17, 15) is 29.3 Å². The maximum atomic E-state index is 12.5. The maximum Gasteiger partial charge on any atom is 0.472 e. The first-order valence-electron chi connectivity index (χ1n) is 18.5. The molecule has 1 unspecified atom stereocenters. The average Bonchev–Trinajstić information content (AvgIpc) is 3.07. The molecule has 0 radical (unpaired) electrons. The number of aliphatic hydroxyl groups is 3. The van der Waals surface area contributed by atoms with Crippen molar-refractivity contribution in [1.29, 1.82) is 0 Å². The molecule has 4 atom stereocenters. The standard InChI is InChI=1S/C38H67O11P/c1-33(2)25-21-17-15-16-19-23-27-37(42)46-31-36(32-48-50(44,45)47-30-35(41)29-39)49-38(43)28-24-20-14-12-10-8-6-4-5-7-9-11-13-18-22-26-34(3)40/h5-8,11-14,33-36,39-41H,4,9-10,15-32H2,1-3H3,(H,44,45)/b7-5-,8-6-,13-11-,14-12-/t34-,35-,36+/m0/s1. The Bertz CT molecular complexity index is 1010. The topological polar surface area (TPSA) is 169 Å². The molecule has 0 fully saturated rings. The molecule has 0 rings (SSSR count). The van der Waals surface area contributed by atoms with E-state index in [-0.39, 0.29) is 25.6 Å². The third kappa shape index (κ3) is 34.3. The van der Waals surface area contributed by atoms with Crippen molar-refractivity contribution in [2.45, 2.75) is 148 Å². The van der Waals surface area contributed by atoms with Crippen LogP contribution in [0, 0.1) is 5.92 Å². The van der Waals surface area contributed by atoms with Crippen molar-refractivity contribution in [1.82, 2.24) is 0 Å². The van der Waals surface area contributed by atoms with Crippen LogP contribution in [0.15, 0.2) is 48.6 Å². The average molecular weight is 731 g/mol. The number of carbonyl (C=O) groups is 2. The molecular formula is C38H67O11P. The summed E-state index contributed by atoms with van der Waals surface area (Å²) in [5.41, 5.74) is 0. The zero-order valence-electron chi connectivity index (χ0n) is 30.9. The number of ether oxygens (including phenoxy) is 2. The minimum atomic E-state index is -4.63. The van der Waals surface area contributed by atoms with Crippen molar-refractivity contribution < 1.29 is 52.9 Å². The van der Waals surface area contributed by atoms with Crippen LogP contribution in [-0.2, 0) is 32.7 Å². The van der Waals surface area contributed by atoms with Gasteiger partial charge in [0, 0.05) is 12.8 Å². The van der Waals surface area contributed by atoms with Crippen LogP contribution in [0.1, 0.15) is 130 Å². The summed E-state index contributed by atoms with van der Waals surface area (Å²) in [6.07, 6.45) is 28.3. The highest BCUT2D eigenvalue weighted by molar-refractivity contribution is 7.47. The molecule has 290 valence electrons. The lowest BCUT2D eigenvalue weighted by Crippen LogP contribution is -2.29. The second kappa shape index (κ2) is 32.8. The second-order valence-corrected chi connectivity index (χ2v) is 14.5. The fraction of sp³-hybridized carbons (Fsp3) is 0.737. The van der Waals surface area contributed by atoms with Gasteiger partial charge in [0.2, 0.25) is 0 Å². The van der Waals surface area contributed by atoms with Crippen molar-refractivity contribution >= 4 is 19.8 Å². The summed E-state index contributed by atoms with van der Waals surface area (Å²) < 4.78 is 32.4. The molecule has 0 aromatic rings. The van der Waals surface area contributed by atoms with Crippen molar-refractivity contribution in [3.05, 3.63) is 48.6 Å². The molecule has 0 aliphatic rings. The van der Waals surface area contributed by atoms with Crippen LogP contribution < -0.4 is 0 Å². The van der Waals surface area contributed by atoms with Gasteiger partial charge in [-0.15, -0.1) is 0 Å². The molecule has 0 heterocycles. The zero-order valence-corrected chi connectivity index (χ0v) is 31.8. The quantitative estimate of drug-likeness (QED) is 0.0225. The number of aliphatic hydroxyl groups excluding tert-OH is 3. The Labute approximate surface area is 301 Å². The first-order chi connectivity index (χ1) is 23.9. The fourth-order valence-electron chi connectivity index (χ4n) is 4.54. The second-order valence-electron chi connectivity index (χ2n) is 13.0. The van der Waals surface area contributed by atoms with Crippen LogP contribution in [-0.4, -0.2) is 76.9 Å². The van der Waals surface area contributed by atoms with Gasteiger partial charge >= 0.3 is 19.8 Å². The molecule has 4 N–H and O–H groups in total. The fourth-order valence-corrected chi connectivity index (χ4v) is 5.33. The molecule has 0 saturated carbocycles. The molecule has 0 aliphatic carbocycles. The number of esters is 2. The van der Waals surface area contributed by atoms with Crippen LogP contribution >= 0.6 is 7.82 Å². The minimum Gasteiger partial charge on any atom is -0.462 e. The lowest BCUT2D eigenvalue weighted by molar-refractivity contribution is -0.161. The third-order valence-corrected chi connectivity index (χ3v) is 8.38. The van der Waals surface area contributed by atoms with E-state index in [0.717, 1.165) is 57.8 Å². The van der Waals surface area contributed by atoms with E-state index in [1.165, 1.54) is 19.3 Å². The Kier molecular flexibility index (Phi) is 31.4. The highest BCUT2D eigenvalue weighted by Gasteiger charge is 2.27. The smallest absolute Gasteiger partial charge is 0.462 e.